The summed E-state index contributed by atoms with van der Waals surface area (Å²) in [5.41, 5.74) is 0.584. The molecule has 1 fully saturated rings. The van der Waals surface area contributed by atoms with Crippen LogP contribution in [-0.2, 0) is 0 Å². The van der Waals surface area contributed by atoms with Gasteiger partial charge in [0, 0.05) is 18.0 Å². The van der Waals surface area contributed by atoms with Crippen LogP contribution in [0.25, 0.3) is 0 Å². The Morgan fingerprint density at radius 3 is 2.88 bits per heavy atom. The van der Waals surface area contributed by atoms with Crippen molar-refractivity contribution in [3.05, 3.63) is 28.7 Å². The van der Waals surface area contributed by atoms with E-state index in [9.17, 15) is 4.79 Å². The largest absolute Gasteiger partial charge is 0.331 e. The van der Waals surface area contributed by atoms with E-state index in [1.165, 1.54) is 24.2 Å². The normalized spacial score (nSPS) is 16.1. The SMILES string of the molecule is C=CCN(C(=O)c1csc(C)n1)C1CCCC1. The number of rotatable bonds is 4. The molecule has 1 amide bonds. The fourth-order valence-corrected chi connectivity index (χ4v) is 2.95. The molecule has 17 heavy (non-hydrogen) atoms. The number of carbonyl (C=O) groups is 1. The Morgan fingerprint density at radius 1 is 1.65 bits per heavy atom. The number of nitrogens with zero attached hydrogens (tertiary/aromatic N) is 2. The van der Waals surface area contributed by atoms with E-state index < -0.39 is 0 Å². The molecule has 0 aliphatic heterocycles. The lowest BCUT2D eigenvalue weighted by Crippen LogP contribution is -2.39. The highest BCUT2D eigenvalue weighted by Crippen LogP contribution is 2.25. The van der Waals surface area contributed by atoms with Crippen molar-refractivity contribution in [1.29, 1.82) is 0 Å². The van der Waals surface area contributed by atoms with Crippen LogP contribution in [0.2, 0.25) is 0 Å². The standard InChI is InChI=1S/C13H18N2OS/c1-3-8-15(11-6-4-5-7-11)13(16)12-9-17-10(2)14-12/h3,9,11H,1,4-8H2,2H3. The zero-order chi connectivity index (χ0) is 12.3. The van der Waals surface area contributed by atoms with Crippen LogP contribution in [0.5, 0.6) is 0 Å². The van der Waals surface area contributed by atoms with Crippen LogP contribution in [0.4, 0.5) is 0 Å². The minimum Gasteiger partial charge on any atom is -0.331 e. The van der Waals surface area contributed by atoms with Gasteiger partial charge in [0.05, 0.1) is 5.01 Å². The van der Waals surface area contributed by atoms with Crippen molar-refractivity contribution < 1.29 is 4.79 Å². The van der Waals surface area contributed by atoms with Crippen molar-refractivity contribution in [2.45, 2.75) is 38.6 Å². The van der Waals surface area contributed by atoms with Gasteiger partial charge in [0.2, 0.25) is 0 Å². The zero-order valence-corrected chi connectivity index (χ0v) is 11.0. The Morgan fingerprint density at radius 2 is 2.35 bits per heavy atom. The lowest BCUT2D eigenvalue weighted by molar-refractivity contribution is 0.0701. The first kappa shape index (κ1) is 12.3. The van der Waals surface area contributed by atoms with Gasteiger partial charge in [-0.05, 0) is 19.8 Å². The molecule has 3 nitrogen and oxygen atoms in total. The molecule has 0 aromatic carbocycles. The van der Waals surface area contributed by atoms with E-state index in [1.807, 2.05) is 17.2 Å². The number of carbonyl (C=O) groups excluding carboxylic acids is 1. The fourth-order valence-electron chi connectivity index (χ4n) is 2.36. The van der Waals surface area contributed by atoms with Crippen LogP contribution in [-0.4, -0.2) is 28.4 Å². The number of thiazole rings is 1. The molecule has 0 bridgehead atoms. The van der Waals surface area contributed by atoms with Gasteiger partial charge >= 0.3 is 0 Å². The third kappa shape index (κ3) is 2.75. The molecule has 0 atom stereocenters. The van der Waals surface area contributed by atoms with E-state index >= 15 is 0 Å². The van der Waals surface area contributed by atoms with Gasteiger partial charge in [-0.3, -0.25) is 4.79 Å². The predicted octanol–water partition coefficient (Wildman–Crippen LogP) is 3.02. The molecule has 0 unspecified atom stereocenters. The first-order valence-corrected chi connectivity index (χ1v) is 6.94. The van der Waals surface area contributed by atoms with Gasteiger partial charge in [-0.1, -0.05) is 18.9 Å². The van der Waals surface area contributed by atoms with Gasteiger partial charge in [-0.25, -0.2) is 4.98 Å². The summed E-state index contributed by atoms with van der Waals surface area (Å²) in [4.78, 5) is 18.6. The van der Waals surface area contributed by atoms with E-state index in [2.05, 4.69) is 11.6 Å². The van der Waals surface area contributed by atoms with Crippen LogP contribution < -0.4 is 0 Å². The van der Waals surface area contributed by atoms with Gasteiger partial charge in [-0.15, -0.1) is 17.9 Å². The van der Waals surface area contributed by atoms with E-state index in [1.54, 1.807) is 6.08 Å². The molecule has 1 aliphatic carbocycles. The predicted molar refractivity (Wildman–Crippen MR) is 70.3 cm³/mol. The number of hydrogen-bond donors (Lipinski definition) is 0. The number of amides is 1. The van der Waals surface area contributed by atoms with Crippen molar-refractivity contribution in [3.63, 3.8) is 0 Å². The van der Waals surface area contributed by atoms with E-state index in [-0.39, 0.29) is 5.91 Å². The first-order chi connectivity index (χ1) is 8.22. The highest BCUT2D eigenvalue weighted by Gasteiger charge is 2.27. The molecule has 1 heterocycles. The molecule has 4 heteroatoms. The summed E-state index contributed by atoms with van der Waals surface area (Å²) in [5, 5.41) is 2.79. The zero-order valence-electron chi connectivity index (χ0n) is 10.2. The summed E-state index contributed by atoms with van der Waals surface area (Å²) >= 11 is 1.53. The van der Waals surface area contributed by atoms with Gasteiger partial charge in [0.25, 0.3) is 5.91 Å². The second-order valence-electron chi connectivity index (χ2n) is 4.44. The summed E-state index contributed by atoms with van der Waals surface area (Å²) in [5.74, 6) is 0.0566. The topological polar surface area (TPSA) is 33.2 Å². The van der Waals surface area contributed by atoms with Crippen molar-refractivity contribution in [1.82, 2.24) is 9.88 Å². The molecule has 2 rings (SSSR count). The van der Waals surface area contributed by atoms with Gasteiger partial charge in [0.1, 0.15) is 5.69 Å². The third-order valence-corrected chi connectivity index (χ3v) is 3.96. The van der Waals surface area contributed by atoms with Crippen molar-refractivity contribution in [2.24, 2.45) is 0 Å². The Hall–Kier alpha value is -1.16. The minimum absolute atomic E-state index is 0.0566. The Bertz CT molecular complexity index is 407. The molecule has 0 N–H and O–H groups in total. The first-order valence-electron chi connectivity index (χ1n) is 6.06. The quantitative estimate of drug-likeness (QED) is 0.770. The van der Waals surface area contributed by atoms with E-state index in [0.717, 1.165) is 17.8 Å². The second kappa shape index (κ2) is 5.45. The molecule has 0 saturated heterocycles. The van der Waals surface area contributed by atoms with Gasteiger partial charge in [-0.2, -0.15) is 0 Å². The summed E-state index contributed by atoms with van der Waals surface area (Å²) in [6.45, 7) is 6.29. The number of aromatic nitrogens is 1. The van der Waals surface area contributed by atoms with Crippen molar-refractivity contribution in [2.75, 3.05) is 6.54 Å². The van der Waals surface area contributed by atoms with Crippen LogP contribution in [0.3, 0.4) is 0 Å². The third-order valence-electron chi connectivity index (χ3n) is 3.19. The van der Waals surface area contributed by atoms with E-state index in [0.29, 0.717) is 18.3 Å². The maximum absolute atomic E-state index is 12.4. The summed E-state index contributed by atoms with van der Waals surface area (Å²) in [6.07, 6.45) is 6.48. The smallest absolute Gasteiger partial charge is 0.273 e. The summed E-state index contributed by atoms with van der Waals surface area (Å²) < 4.78 is 0. The van der Waals surface area contributed by atoms with Crippen LogP contribution >= 0.6 is 11.3 Å². The monoisotopic (exact) mass is 250 g/mol. The fraction of sp³-hybridized carbons (Fsp3) is 0.538. The molecule has 0 spiro atoms. The van der Waals surface area contributed by atoms with Crippen LogP contribution in [0.1, 0.15) is 41.2 Å². The molecule has 0 radical (unpaired) electrons. The molecule has 1 saturated carbocycles. The Kier molecular flexibility index (Phi) is 3.94. The Labute approximate surface area is 106 Å². The average Bonchev–Trinajstić information content (AvgIpc) is 2.95. The van der Waals surface area contributed by atoms with E-state index in [4.69, 9.17) is 0 Å². The minimum atomic E-state index is 0.0566. The summed E-state index contributed by atoms with van der Waals surface area (Å²) in [7, 11) is 0. The van der Waals surface area contributed by atoms with Gasteiger partial charge < -0.3 is 4.90 Å². The van der Waals surface area contributed by atoms with Crippen LogP contribution in [0.15, 0.2) is 18.0 Å². The molecule has 1 aliphatic rings. The summed E-state index contributed by atoms with van der Waals surface area (Å²) in [6, 6.07) is 0.377. The van der Waals surface area contributed by atoms with Crippen LogP contribution in [0, 0.1) is 6.92 Å². The maximum atomic E-state index is 12.4. The lowest BCUT2D eigenvalue weighted by atomic mass is 10.2. The number of hydrogen-bond acceptors (Lipinski definition) is 3. The van der Waals surface area contributed by atoms with Crippen molar-refractivity contribution >= 4 is 17.2 Å². The Balaban J connectivity index is 2.14. The molecular formula is C13H18N2OS. The highest BCUT2D eigenvalue weighted by molar-refractivity contribution is 7.09. The molecular weight excluding hydrogens is 232 g/mol. The van der Waals surface area contributed by atoms with Gasteiger partial charge in [0.15, 0.2) is 0 Å². The highest BCUT2D eigenvalue weighted by atomic mass is 32.1. The molecule has 92 valence electrons. The maximum Gasteiger partial charge on any atom is 0.273 e. The lowest BCUT2D eigenvalue weighted by Gasteiger charge is -2.27. The second-order valence-corrected chi connectivity index (χ2v) is 5.50. The average molecular weight is 250 g/mol. The molecule has 1 aromatic rings. The molecule has 1 aromatic heterocycles. The van der Waals surface area contributed by atoms with Crippen molar-refractivity contribution in [3.8, 4) is 0 Å². The number of aryl methyl sites for hydroxylation is 1.